The van der Waals surface area contributed by atoms with Crippen LogP contribution >= 0.6 is 0 Å². The topological polar surface area (TPSA) is 78.4 Å². The second kappa shape index (κ2) is 6.00. The third-order valence-corrected chi connectivity index (χ3v) is 2.09. The van der Waals surface area contributed by atoms with Crippen molar-refractivity contribution in [2.24, 2.45) is 5.92 Å². The van der Waals surface area contributed by atoms with E-state index in [-0.39, 0.29) is 17.7 Å². The Morgan fingerprint density at radius 3 is 1.82 bits per heavy atom. The van der Waals surface area contributed by atoms with Gasteiger partial charge in [0.2, 0.25) is 11.8 Å². The zero-order valence-corrected chi connectivity index (χ0v) is 11.5. The molecule has 0 fully saturated rings. The van der Waals surface area contributed by atoms with E-state index in [9.17, 15) is 14.7 Å². The van der Waals surface area contributed by atoms with Crippen LogP contribution in [0.1, 0.15) is 41.5 Å². The summed E-state index contributed by atoms with van der Waals surface area (Å²) in [5.74, 6) is -0.847. The minimum Gasteiger partial charge on any atom is -0.391 e. The zero-order chi connectivity index (χ0) is 13.8. The molecule has 3 N–H and O–H groups in total. The van der Waals surface area contributed by atoms with Crippen molar-refractivity contribution in [1.82, 2.24) is 10.6 Å². The second-order valence-electron chi connectivity index (χ2n) is 5.62. The smallest absolute Gasteiger partial charge is 0.245 e. The summed E-state index contributed by atoms with van der Waals surface area (Å²) in [6.07, 6.45) is -0.931. The van der Waals surface area contributed by atoms with Crippen LogP contribution in [0.25, 0.3) is 0 Å². The largest absolute Gasteiger partial charge is 0.391 e. The van der Waals surface area contributed by atoms with E-state index < -0.39 is 17.7 Å². The number of carbonyl (C=O) groups excluding carboxylic acids is 2. The highest BCUT2D eigenvalue weighted by Crippen LogP contribution is 2.03. The lowest BCUT2D eigenvalue weighted by molar-refractivity contribution is -0.133. The Labute approximate surface area is 103 Å². The summed E-state index contributed by atoms with van der Waals surface area (Å²) in [6, 6.07) is -0.913. The third kappa shape index (κ3) is 6.26. The minimum absolute atomic E-state index is 0.223. The number of hydrogen-bond acceptors (Lipinski definition) is 3. The number of rotatable bonds is 4. The van der Waals surface area contributed by atoms with Gasteiger partial charge in [0.25, 0.3) is 0 Å². The molecule has 0 bridgehead atoms. The van der Waals surface area contributed by atoms with Crippen molar-refractivity contribution >= 4 is 11.8 Å². The van der Waals surface area contributed by atoms with Crippen molar-refractivity contribution in [1.29, 1.82) is 0 Å². The predicted molar refractivity (Wildman–Crippen MR) is 66.3 cm³/mol. The summed E-state index contributed by atoms with van der Waals surface area (Å²) in [7, 11) is 0. The van der Waals surface area contributed by atoms with Crippen molar-refractivity contribution < 1.29 is 14.7 Å². The van der Waals surface area contributed by atoms with Gasteiger partial charge < -0.3 is 15.7 Å². The summed E-state index contributed by atoms with van der Waals surface area (Å²) < 4.78 is 0. The molecule has 5 heteroatoms. The van der Waals surface area contributed by atoms with Crippen LogP contribution in [0, 0.1) is 5.92 Å². The van der Waals surface area contributed by atoms with E-state index in [4.69, 9.17) is 0 Å². The van der Waals surface area contributed by atoms with Crippen molar-refractivity contribution in [3.63, 3.8) is 0 Å². The average Bonchev–Trinajstić information content (AvgIpc) is 2.09. The molecule has 0 heterocycles. The number of nitrogens with one attached hydrogen (secondary N) is 2. The Kier molecular flexibility index (Phi) is 5.61. The molecule has 0 aromatic heterocycles. The van der Waals surface area contributed by atoms with E-state index in [0.29, 0.717) is 0 Å². The first-order valence-corrected chi connectivity index (χ1v) is 5.85. The fourth-order valence-electron chi connectivity index (χ4n) is 1.17. The first kappa shape index (κ1) is 15.9. The van der Waals surface area contributed by atoms with Crippen molar-refractivity contribution in [3.8, 4) is 0 Å². The fourth-order valence-corrected chi connectivity index (χ4v) is 1.17. The molecular formula is C12H24N2O3. The highest BCUT2D eigenvalue weighted by Gasteiger charge is 2.28. The lowest BCUT2D eigenvalue weighted by Gasteiger charge is -2.27. The molecule has 0 aliphatic carbocycles. The van der Waals surface area contributed by atoms with E-state index in [1.54, 1.807) is 13.8 Å². The molecule has 0 aromatic carbocycles. The average molecular weight is 244 g/mol. The Morgan fingerprint density at radius 1 is 1.06 bits per heavy atom. The minimum atomic E-state index is -0.931. The molecule has 2 unspecified atom stereocenters. The number of hydrogen-bond donors (Lipinski definition) is 3. The molecule has 0 aromatic rings. The van der Waals surface area contributed by atoms with E-state index in [1.165, 1.54) is 6.92 Å². The van der Waals surface area contributed by atoms with Gasteiger partial charge in [-0.3, -0.25) is 9.59 Å². The summed E-state index contributed by atoms with van der Waals surface area (Å²) in [6.45, 7) is 10.5. The van der Waals surface area contributed by atoms with E-state index in [2.05, 4.69) is 10.6 Å². The third-order valence-electron chi connectivity index (χ3n) is 2.09. The van der Waals surface area contributed by atoms with Gasteiger partial charge in [-0.2, -0.15) is 0 Å². The van der Waals surface area contributed by atoms with Gasteiger partial charge in [-0.25, -0.2) is 0 Å². The van der Waals surface area contributed by atoms with Crippen LogP contribution < -0.4 is 10.6 Å². The normalized spacial score (nSPS) is 15.3. The van der Waals surface area contributed by atoms with Crippen LogP contribution in [0.3, 0.4) is 0 Å². The fraction of sp³-hybridized carbons (Fsp3) is 0.833. The molecule has 0 spiro atoms. The SMILES string of the molecule is CC(C)C(=O)NC(C(=O)NC(C)(C)C)C(C)O. The van der Waals surface area contributed by atoms with Crippen LogP contribution in [-0.2, 0) is 9.59 Å². The zero-order valence-electron chi connectivity index (χ0n) is 11.5. The summed E-state index contributed by atoms with van der Waals surface area (Å²) >= 11 is 0. The van der Waals surface area contributed by atoms with Crippen molar-refractivity contribution in [2.75, 3.05) is 0 Å². The Balaban J connectivity index is 4.64. The van der Waals surface area contributed by atoms with E-state index in [0.717, 1.165) is 0 Å². The summed E-state index contributed by atoms with van der Waals surface area (Å²) in [5, 5.41) is 14.8. The Hall–Kier alpha value is -1.10. The van der Waals surface area contributed by atoms with Gasteiger partial charge in [-0.15, -0.1) is 0 Å². The number of carbonyl (C=O) groups is 2. The van der Waals surface area contributed by atoms with Gasteiger partial charge in [0.05, 0.1) is 6.10 Å². The van der Waals surface area contributed by atoms with Crippen LogP contribution in [0.4, 0.5) is 0 Å². The summed E-state index contributed by atoms with van der Waals surface area (Å²) in [5.41, 5.74) is -0.396. The summed E-state index contributed by atoms with van der Waals surface area (Å²) in [4.78, 5) is 23.4. The van der Waals surface area contributed by atoms with Gasteiger partial charge in [0.1, 0.15) is 6.04 Å². The number of aliphatic hydroxyl groups is 1. The van der Waals surface area contributed by atoms with E-state index in [1.807, 2.05) is 20.8 Å². The van der Waals surface area contributed by atoms with Gasteiger partial charge in [-0.1, -0.05) is 13.8 Å². The Bertz CT molecular complexity index is 280. The van der Waals surface area contributed by atoms with Crippen LogP contribution in [-0.4, -0.2) is 34.6 Å². The molecular weight excluding hydrogens is 220 g/mol. The maximum atomic E-state index is 11.9. The van der Waals surface area contributed by atoms with Crippen molar-refractivity contribution in [3.05, 3.63) is 0 Å². The van der Waals surface area contributed by atoms with Gasteiger partial charge >= 0.3 is 0 Å². The highest BCUT2D eigenvalue weighted by molar-refractivity contribution is 5.89. The second-order valence-corrected chi connectivity index (χ2v) is 5.62. The van der Waals surface area contributed by atoms with Crippen LogP contribution in [0.15, 0.2) is 0 Å². The molecule has 2 atom stereocenters. The molecule has 0 aliphatic heterocycles. The monoisotopic (exact) mass is 244 g/mol. The maximum absolute atomic E-state index is 11.9. The maximum Gasteiger partial charge on any atom is 0.245 e. The molecule has 2 amide bonds. The molecule has 0 radical (unpaired) electrons. The predicted octanol–water partition coefficient (Wildman–Crippen LogP) is 0.423. The van der Waals surface area contributed by atoms with Gasteiger partial charge in [-0.05, 0) is 27.7 Å². The molecule has 100 valence electrons. The lowest BCUT2D eigenvalue weighted by atomic mass is 10.1. The lowest BCUT2D eigenvalue weighted by Crippen LogP contribution is -2.56. The van der Waals surface area contributed by atoms with Crippen LogP contribution in [0.5, 0.6) is 0 Å². The van der Waals surface area contributed by atoms with E-state index >= 15 is 0 Å². The standard InChI is InChI=1S/C12H24N2O3/c1-7(2)10(16)13-9(8(3)15)11(17)14-12(4,5)6/h7-9,15H,1-6H3,(H,13,16)(H,14,17). The number of aliphatic hydroxyl groups excluding tert-OH is 1. The first-order chi connectivity index (χ1) is 7.54. The van der Waals surface area contributed by atoms with Gasteiger partial charge in [0.15, 0.2) is 0 Å². The molecule has 0 saturated heterocycles. The number of amides is 2. The van der Waals surface area contributed by atoms with Crippen LogP contribution in [0.2, 0.25) is 0 Å². The van der Waals surface area contributed by atoms with Gasteiger partial charge in [0, 0.05) is 11.5 Å². The molecule has 0 saturated carbocycles. The Morgan fingerprint density at radius 2 is 1.53 bits per heavy atom. The highest BCUT2D eigenvalue weighted by atomic mass is 16.3. The first-order valence-electron chi connectivity index (χ1n) is 5.85. The quantitative estimate of drug-likeness (QED) is 0.671. The molecule has 0 aliphatic rings. The molecule has 0 rings (SSSR count). The molecule has 5 nitrogen and oxygen atoms in total. The molecule has 17 heavy (non-hydrogen) atoms. The van der Waals surface area contributed by atoms with Crippen molar-refractivity contribution in [2.45, 2.75) is 59.2 Å².